The highest BCUT2D eigenvalue weighted by Crippen LogP contribution is 2.09. The summed E-state index contributed by atoms with van der Waals surface area (Å²) in [6.07, 6.45) is 0.673. The van der Waals surface area contributed by atoms with Crippen molar-refractivity contribution in [2.45, 2.75) is 52.6 Å². The van der Waals surface area contributed by atoms with Gasteiger partial charge in [0, 0.05) is 5.54 Å². The third-order valence-corrected chi connectivity index (χ3v) is 1.61. The van der Waals surface area contributed by atoms with Crippen molar-refractivity contribution >= 4 is 5.97 Å². The van der Waals surface area contributed by atoms with Crippen molar-refractivity contribution in [3.05, 3.63) is 0 Å². The molecule has 0 radical (unpaired) electrons. The molecule has 0 aromatic heterocycles. The summed E-state index contributed by atoms with van der Waals surface area (Å²) in [5.41, 5.74) is -0.141. The maximum Gasteiger partial charge on any atom is 0.320 e. The van der Waals surface area contributed by atoms with Crippen LogP contribution in [0.2, 0.25) is 0 Å². The summed E-state index contributed by atoms with van der Waals surface area (Å²) in [6.45, 7) is 9.98. The molecule has 1 atom stereocenters. The van der Waals surface area contributed by atoms with Crippen LogP contribution < -0.4 is 5.32 Å². The fraction of sp³-hybridized carbons (Fsp3) is 0.900. The second-order valence-corrected chi connectivity index (χ2v) is 4.91. The first kappa shape index (κ1) is 12.4. The maximum atomic E-state index is 10.9. The number of aliphatic carboxylic acids is 1. The fourth-order valence-corrected chi connectivity index (χ4v) is 1.22. The Balaban J connectivity index is 4.19. The largest absolute Gasteiger partial charge is 0.480 e. The first-order chi connectivity index (χ1) is 5.72. The topological polar surface area (TPSA) is 49.3 Å². The highest BCUT2D eigenvalue weighted by atomic mass is 16.4. The van der Waals surface area contributed by atoms with Gasteiger partial charge in [0.25, 0.3) is 0 Å². The van der Waals surface area contributed by atoms with E-state index >= 15 is 0 Å². The van der Waals surface area contributed by atoms with Crippen molar-refractivity contribution in [1.29, 1.82) is 0 Å². The molecular weight excluding hydrogens is 166 g/mol. The number of carboxylic acids is 1. The minimum atomic E-state index is -0.761. The molecule has 0 heterocycles. The second kappa shape index (κ2) is 4.61. The number of nitrogens with one attached hydrogen (secondary N) is 1. The molecule has 13 heavy (non-hydrogen) atoms. The highest BCUT2D eigenvalue weighted by Gasteiger charge is 2.23. The summed E-state index contributed by atoms with van der Waals surface area (Å²) in [5, 5.41) is 12.0. The summed E-state index contributed by atoms with van der Waals surface area (Å²) in [5.74, 6) is -0.362. The number of carbonyl (C=O) groups is 1. The van der Waals surface area contributed by atoms with E-state index in [-0.39, 0.29) is 5.54 Å². The number of rotatable bonds is 4. The quantitative estimate of drug-likeness (QED) is 0.706. The molecule has 0 amide bonds. The van der Waals surface area contributed by atoms with E-state index in [0.29, 0.717) is 12.3 Å². The monoisotopic (exact) mass is 187 g/mol. The predicted molar refractivity (Wildman–Crippen MR) is 53.8 cm³/mol. The van der Waals surface area contributed by atoms with E-state index in [1.807, 2.05) is 34.6 Å². The minimum Gasteiger partial charge on any atom is -0.480 e. The Labute approximate surface area is 80.5 Å². The van der Waals surface area contributed by atoms with Crippen molar-refractivity contribution in [3.8, 4) is 0 Å². The zero-order valence-electron chi connectivity index (χ0n) is 9.22. The predicted octanol–water partition coefficient (Wildman–Crippen LogP) is 1.87. The second-order valence-electron chi connectivity index (χ2n) is 4.91. The number of carboxylic acid groups (broad SMARTS) is 1. The van der Waals surface area contributed by atoms with E-state index in [1.54, 1.807) is 0 Å². The van der Waals surface area contributed by atoms with Crippen molar-refractivity contribution < 1.29 is 9.90 Å². The molecular formula is C10H21NO2. The number of hydrogen-bond donors (Lipinski definition) is 2. The lowest BCUT2D eigenvalue weighted by molar-refractivity contribution is -0.140. The molecule has 0 aromatic rings. The van der Waals surface area contributed by atoms with E-state index in [9.17, 15) is 4.79 Å². The Bertz CT molecular complexity index is 170. The molecule has 3 heteroatoms. The van der Waals surface area contributed by atoms with Crippen LogP contribution >= 0.6 is 0 Å². The molecule has 0 aromatic carbocycles. The third-order valence-electron chi connectivity index (χ3n) is 1.61. The average Bonchev–Trinajstić information content (AvgIpc) is 1.81. The Hall–Kier alpha value is -0.570. The molecule has 0 aliphatic carbocycles. The van der Waals surface area contributed by atoms with Crippen molar-refractivity contribution in [1.82, 2.24) is 5.32 Å². The Morgan fingerprint density at radius 3 is 2.08 bits per heavy atom. The molecule has 3 nitrogen and oxygen atoms in total. The van der Waals surface area contributed by atoms with Gasteiger partial charge in [0.05, 0.1) is 0 Å². The van der Waals surface area contributed by atoms with Crippen molar-refractivity contribution in [2.24, 2.45) is 5.92 Å². The Morgan fingerprint density at radius 2 is 1.85 bits per heavy atom. The molecule has 2 N–H and O–H groups in total. The summed E-state index contributed by atoms with van der Waals surface area (Å²) in [6, 6.07) is -0.431. The van der Waals surface area contributed by atoms with Crippen LogP contribution in [0, 0.1) is 5.92 Å². The van der Waals surface area contributed by atoms with Gasteiger partial charge in [-0.1, -0.05) is 13.8 Å². The molecule has 0 rings (SSSR count). The maximum absolute atomic E-state index is 10.9. The van der Waals surface area contributed by atoms with Crippen LogP contribution in [0.3, 0.4) is 0 Å². The lowest BCUT2D eigenvalue weighted by Gasteiger charge is -2.26. The van der Waals surface area contributed by atoms with Gasteiger partial charge < -0.3 is 5.11 Å². The lowest BCUT2D eigenvalue weighted by Crippen LogP contribution is -2.48. The summed E-state index contributed by atoms with van der Waals surface area (Å²) in [7, 11) is 0. The standard InChI is InChI=1S/C10H21NO2/c1-7(2)6-8(9(12)13)11-10(3,4)5/h7-8,11H,6H2,1-5H3,(H,12,13)/t8-/m0/s1. The summed E-state index contributed by atoms with van der Waals surface area (Å²) < 4.78 is 0. The van der Waals surface area contributed by atoms with Gasteiger partial charge in [-0.05, 0) is 33.1 Å². The Morgan fingerprint density at radius 1 is 1.38 bits per heavy atom. The average molecular weight is 187 g/mol. The van der Waals surface area contributed by atoms with Crippen LogP contribution in [0.15, 0.2) is 0 Å². The van der Waals surface area contributed by atoms with E-state index in [4.69, 9.17) is 5.11 Å². The van der Waals surface area contributed by atoms with Crippen molar-refractivity contribution in [3.63, 3.8) is 0 Å². The van der Waals surface area contributed by atoms with E-state index in [1.165, 1.54) is 0 Å². The van der Waals surface area contributed by atoms with Crippen LogP contribution in [0.25, 0.3) is 0 Å². The molecule has 0 fully saturated rings. The van der Waals surface area contributed by atoms with Gasteiger partial charge in [-0.2, -0.15) is 0 Å². The molecule has 0 saturated heterocycles. The minimum absolute atomic E-state index is 0.141. The van der Waals surface area contributed by atoms with Gasteiger partial charge in [0.2, 0.25) is 0 Å². The van der Waals surface area contributed by atoms with Gasteiger partial charge in [-0.3, -0.25) is 10.1 Å². The zero-order chi connectivity index (χ0) is 10.6. The van der Waals surface area contributed by atoms with E-state index in [0.717, 1.165) is 0 Å². The SMILES string of the molecule is CC(C)C[C@H](NC(C)(C)C)C(=O)O. The molecule has 0 aliphatic rings. The van der Waals surface area contributed by atoms with Crippen LogP contribution in [0.1, 0.15) is 41.0 Å². The van der Waals surface area contributed by atoms with E-state index < -0.39 is 12.0 Å². The lowest BCUT2D eigenvalue weighted by atomic mass is 10.00. The fourth-order valence-electron chi connectivity index (χ4n) is 1.22. The molecule has 0 bridgehead atoms. The summed E-state index contributed by atoms with van der Waals surface area (Å²) in [4.78, 5) is 10.9. The van der Waals surface area contributed by atoms with Crippen LogP contribution in [-0.2, 0) is 4.79 Å². The number of hydrogen-bond acceptors (Lipinski definition) is 2. The van der Waals surface area contributed by atoms with Gasteiger partial charge in [-0.25, -0.2) is 0 Å². The van der Waals surface area contributed by atoms with Crippen molar-refractivity contribution in [2.75, 3.05) is 0 Å². The van der Waals surface area contributed by atoms with Crippen LogP contribution in [0.4, 0.5) is 0 Å². The highest BCUT2D eigenvalue weighted by molar-refractivity contribution is 5.73. The molecule has 0 aliphatic heterocycles. The Kier molecular flexibility index (Phi) is 4.40. The van der Waals surface area contributed by atoms with Crippen LogP contribution in [0.5, 0.6) is 0 Å². The smallest absolute Gasteiger partial charge is 0.320 e. The van der Waals surface area contributed by atoms with Gasteiger partial charge >= 0.3 is 5.97 Å². The normalized spacial score (nSPS) is 14.6. The van der Waals surface area contributed by atoms with Gasteiger partial charge in [0.15, 0.2) is 0 Å². The molecule has 0 unspecified atom stereocenters. The first-order valence-electron chi connectivity index (χ1n) is 4.73. The first-order valence-corrected chi connectivity index (χ1v) is 4.73. The molecule has 0 spiro atoms. The molecule has 78 valence electrons. The zero-order valence-corrected chi connectivity index (χ0v) is 9.22. The van der Waals surface area contributed by atoms with E-state index in [2.05, 4.69) is 5.32 Å². The van der Waals surface area contributed by atoms with Gasteiger partial charge in [-0.15, -0.1) is 0 Å². The molecule has 0 saturated carbocycles. The third kappa shape index (κ3) is 6.58. The summed E-state index contributed by atoms with van der Waals surface area (Å²) >= 11 is 0. The van der Waals surface area contributed by atoms with Gasteiger partial charge in [0.1, 0.15) is 6.04 Å². The van der Waals surface area contributed by atoms with Crippen LogP contribution in [-0.4, -0.2) is 22.7 Å².